The summed E-state index contributed by atoms with van der Waals surface area (Å²) in [6.07, 6.45) is 0. The van der Waals surface area contributed by atoms with Gasteiger partial charge < -0.3 is 8.83 Å². The Morgan fingerprint density at radius 3 is 1.56 bits per heavy atom. The van der Waals surface area contributed by atoms with Crippen LogP contribution in [0.4, 0.5) is 0 Å². The summed E-state index contributed by atoms with van der Waals surface area (Å²) < 4.78 is 9.20. The van der Waals surface area contributed by atoms with Gasteiger partial charge in [0, 0.05) is 0 Å². The molecule has 3 rings (SSSR count). The Morgan fingerprint density at radius 2 is 1.12 bits per heavy atom. The van der Waals surface area contributed by atoms with Gasteiger partial charge in [0.1, 0.15) is 0 Å². The highest BCUT2D eigenvalue weighted by molar-refractivity contribution is 5.96. The first kappa shape index (κ1) is 8.78. The van der Waals surface area contributed by atoms with Gasteiger partial charge in [0.05, 0.1) is 21.5 Å². The van der Waals surface area contributed by atoms with Gasteiger partial charge in [-0.2, -0.15) is 0 Å². The van der Waals surface area contributed by atoms with E-state index < -0.39 is 11.3 Å². The lowest BCUT2D eigenvalue weighted by atomic mass is 10.1. The lowest BCUT2D eigenvalue weighted by Gasteiger charge is -1.85. The van der Waals surface area contributed by atoms with Crippen LogP contribution < -0.4 is 22.4 Å². The molecule has 0 spiro atoms. The third-order valence-corrected chi connectivity index (χ3v) is 2.48. The lowest BCUT2D eigenvalue weighted by molar-refractivity contribution is 0.477. The molecule has 6 heteroatoms. The van der Waals surface area contributed by atoms with Crippen molar-refractivity contribution in [1.82, 2.24) is 0 Å². The van der Waals surface area contributed by atoms with Crippen molar-refractivity contribution in [2.24, 2.45) is 0 Å². The SMILES string of the molecule is N=c1oc(=O)c2cc3c(=O)oc(=N)c3cc12. The monoisotopic (exact) mass is 216 g/mol. The van der Waals surface area contributed by atoms with Crippen molar-refractivity contribution in [2.75, 3.05) is 0 Å². The van der Waals surface area contributed by atoms with Gasteiger partial charge in [-0.05, 0) is 12.1 Å². The molecule has 6 nitrogen and oxygen atoms in total. The van der Waals surface area contributed by atoms with Crippen molar-refractivity contribution < 1.29 is 8.83 Å². The third-order valence-electron chi connectivity index (χ3n) is 2.48. The predicted octanol–water partition coefficient (Wildman–Crippen LogP) is -0.266. The number of hydrogen-bond acceptors (Lipinski definition) is 6. The Kier molecular flexibility index (Phi) is 1.40. The molecule has 0 saturated heterocycles. The molecule has 0 amide bonds. The van der Waals surface area contributed by atoms with Gasteiger partial charge in [0.25, 0.3) is 0 Å². The van der Waals surface area contributed by atoms with Crippen LogP contribution in [0.5, 0.6) is 0 Å². The standard InChI is InChI=1S/C10H4N2O4/c11-7-3-1-4-6(10(14)16-8(4)12)2-5(3)9(13)15-7/h1-2,11-12H. The number of rotatable bonds is 0. The zero-order chi connectivity index (χ0) is 11.4. The maximum absolute atomic E-state index is 11.3. The fourth-order valence-electron chi connectivity index (χ4n) is 1.72. The number of nitrogens with one attached hydrogen (secondary N) is 2. The van der Waals surface area contributed by atoms with Crippen molar-refractivity contribution >= 4 is 21.5 Å². The predicted molar refractivity (Wildman–Crippen MR) is 52.6 cm³/mol. The number of benzene rings is 1. The van der Waals surface area contributed by atoms with Crippen LogP contribution in [-0.2, 0) is 0 Å². The van der Waals surface area contributed by atoms with E-state index in [9.17, 15) is 9.59 Å². The third kappa shape index (κ3) is 0.902. The molecule has 0 aliphatic rings. The minimum Gasteiger partial charge on any atom is -0.404 e. The Labute approximate surface area is 86.1 Å². The van der Waals surface area contributed by atoms with Crippen molar-refractivity contribution in [2.45, 2.75) is 0 Å². The van der Waals surface area contributed by atoms with Gasteiger partial charge >= 0.3 is 11.3 Å². The lowest BCUT2D eigenvalue weighted by Crippen LogP contribution is -1.96. The van der Waals surface area contributed by atoms with E-state index in [1.165, 1.54) is 12.1 Å². The maximum atomic E-state index is 11.3. The highest BCUT2D eigenvalue weighted by atomic mass is 16.4. The molecule has 2 aromatic heterocycles. The first-order valence-electron chi connectivity index (χ1n) is 4.38. The molecule has 3 aromatic rings. The fourth-order valence-corrected chi connectivity index (χ4v) is 1.72. The summed E-state index contributed by atoms with van der Waals surface area (Å²) in [6, 6.07) is 2.70. The molecule has 1 aromatic carbocycles. The molecule has 0 aliphatic heterocycles. The van der Waals surface area contributed by atoms with Crippen LogP contribution in [0, 0.1) is 10.8 Å². The fraction of sp³-hybridized carbons (Fsp3) is 0. The van der Waals surface area contributed by atoms with E-state index in [-0.39, 0.29) is 32.7 Å². The van der Waals surface area contributed by atoms with Gasteiger partial charge in [0.2, 0.25) is 11.1 Å². The molecule has 0 aliphatic carbocycles. The first-order valence-corrected chi connectivity index (χ1v) is 4.38. The number of furan rings is 2. The van der Waals surface area contributed by atoms with Crippen LogP contribution in [0.25, 0.3) is 21.5 Å². The summed E-state index contributed by atoms with van der Waals surface area (Å²) in [5, 5.41) is 15.7. The van der Waals surface area contributed by atoms with E-state index in [4.69, 9.17) is 10.8 Å². The van der Waals surface area contributed by atoms with Crippen LogP contribution >= 0.6 is 0 Å². The molecule has 0 atom stereocenters. The molecular formula is C10H4N2O4. The van der Waals surface area contributed by atoms with Gasteiger partial charge in [-0.1, -0.05) is 0 Å². The van der Waals surface area contributed by atoms with Crippen LogP contribution in [0.1, 0.15) is 0 Å². The zero-order valence-electron chi connectivity index (χ0n) is 7.79. The first-order chi connectivity index (χ1) is 7.58. The Bertz CT molecular complexity index is 775. The molecule has 16 heavy (non-hydrogen) atoms. The Morgan fingerprint density at radius 1 is 0.750 bits per heavy atom. The summed E-state index contributed by atoms with van der Waals surface area (Å²) in [5.74, 6) is 0. The summed E-state index contributed by atoms with van der Waals surface area (Å²) in [5.41, 5.74) is -1.85. The molecular weight excluding hydrogens is 212 g/mol. The molecule has 2 heterocycles. The highest BCUT2D eigenvalue weighted by Crippen LogP contribution is 2.13. The highest BCUT2D eigenvalue weighted by Gasteiger charge is 2.12. The van der Waals surface area contributed by atoms with E-state index in [0.29, 0.717) is 0 Å². The van der Waals surface area contributed by atoms with Crippen LogP contribution in [0.2, 0.25) is 0 Å². The molecule has 2 N–H and O–H groups in total. The second-order valence-electron chi connectivity index (χ2n) is 3.38. The van der Waals surface area contributed by atoms with Gasteiger partial charge in [-0.15, -0.1) is 0 Å². The van der Waals surface area contributed by atoms with Crippen LogP contribution in [0.3, 0.4) is 0 Å². The second-order valence-corrected chi connectivity index (χ2v) is 3.38. The van der Waals surface area contributed by atoms with E-state index >= 15 is 0 Å². The molecule has 78 valence electrons. The summed E-state index contributed by atoms with van der Waals surface area (Å²) in [4.78, 5) is 22.6. The van der Waals surface area contributed by atoms with Crippen molar-refractivity contribution in [3.8, 4) is 0 Å². The number of hydrogen-bond donors (Lipinski definition) is 2. The Balaban J connectivity index is 2.80. The second kappa shape index (κ2) is 2.54. The zero-order valence-corrected chi connectivity index (χ0v) is 7.79. The smallest absolute Gasteiger partial charge is 0.345 e. The van der Waals surface area contributed by atoms with Crippen LogP contribution in [0.15, 0.2) is 30.6 Å². The quantitative estimate of drug-likeness (QED) is 0.539. The summed E-state index contributed by atoms with van der Waals surface area (Å²) in [6.45, 7) is 0. The van der Waals surface area contributed by atoms with E-state index in [1.807, 2.05) is 0 Å². The normalized spacial score (nSPS) is 11.5. The van der Waals surface area contributed by atoms with Crippen molar-refractivity contribution in [3.63, 3.8) is 0 Å². The minimum absolute atomic E-state index is 0.162. The molecule has 0 saturated carbocycles. The molecule has 0 bridgehead atoms. The van der Waals surface area contributed by atoms with E-state index in [1.54, 1.807) is 0 Å². The summed E-state index contributed by atoms with van der Waals surface area (Å²) in [7, 11) is 0. The maximum Gasteiger partial charge on any atom is 0.345 e. The minimum atomic E-state index is -0.658. The number of fused-ring (bicyclic) bond motifs is 2. The van der Waals surface area contributed by atoms with Gasteiger partial charge in [-0.3, -0.25) is 10.8 Å². The van der Waals surface area contributed by atoms with Gasteiger partial charge in [-0.25, -0.2) is 9.59 Å². The molecule has 0 unspecified atom stereocenters. The average molecular weight is 216 g/mol. The van der Waals surface area contributed by atoms with E-state index in [0.717, 1.165) is 0 Å². The topological polar surface area (TPSA) is 108 Å². The van der Waals surface area contributed by atoms with E-state index in [2.05, 4.69) is 8.83 Å². The van der Waals surface area contributed by atoms with Crippen LogP contribution in [-0.4, -0.2) is 0 Å². The molecule has 0 radical (unpaired) electrons. The van der Waals surface area contributed by atoms with Crippen molar-refractivity contribution in [3.05, 3.63) is 44.1 Å². The van der Waals surface area contributed by atoms with Crippen molar-refractivity contribution in [1.29, 1.82) is 10.8 Å². The Hall–Kier alpha value is -2.50. The summed E-state index contributed by atoms with van der Waals surface area (Å²) >= 11 is 0. The van der Waals surface area contributed by atoms with Gasteiger partial charge in [0.15, 0.2) is 0 Å². The molecule has 0 fully saturated rings. The average Bonchev–Trinajstić information content (AvgIpc) is 2.67. The largest absolute Gasteiger partial charge is 0.404 e.